The maximum Gasteiger partial charge on any atom is 0.0548 e. The van der Waals surface area contributed by atoms with Gasteiger partial charge in [-0.15, -0.1) is 11.3 Å². The lowest BCUT2D eigenvalue weighted by Gasteiger charge is -2.14. The predicted molar refractivity (Wildman–Crippen MR) is 219 cm³/mol. The van der Waals surface area contributed by atoms with E-state index >= 15 is 0 Å². The van der Waals surface area contributed by atoms with Crippen molar-refractivity contribution in [2.24, 2.45) is 0 Å². The van der Waals surface area contributed by atoms with Crippen LogP contribution in [0.15, 0.2) is 182 Å². The van der Waals surface area contributed by atoms with Crippen LogP contribution in [-0.2, 0) is 0 Å². The van der Waals surface area contributed by atoms with Gasteiger partial charge in [-0.1, -0.05) is 115 Å². The third-order valence-electron chi connectivity index (χ3n) is 10.5. The summed E-state index contributed by atoms with van der Waals surface area (Å²) in [5, 5.41) is 7.62. The molecule has 0 saturated carbocycles. The zero-order valence-corrected chi connectivity index (χ0v) is 28.4. The van der Waals surface area contributed by atoms with E-state index in [2.05, 4.69) is 191 Å². The highest BCUT2D eigenvalue weighted by atomic mass is 32.1. The molecule has 3 heteroatoms. The summed E-state index contributed by atoms with van der Waals surface area (Å²) in [5.41, 5.74) is 12.0. The van der Waals surface area contributed by atoms with Gasteiger partial charge in [0, 0.05) is 53.1 Å². The molecule has 3 heterocycles. The third kappa shape index (κ3) is 4.35. The highest BCUT2D eigenvalue weighted by Crippen LogP contribution is 2.42. The molecule has 0 atom stereocenters. The van der Waals surface area contributed by atoms with Crippen LogP contribution in [0.4, 0.5) is 0 Å². The fourth-order valence-electron chi connectivity index (χ4n) is 8.17. The van der Waals surface area contributed by atoms with Gasteiger partial charge in [-0.25, -0.2) is 0 Å². The quantitative estimate of drug-likeness (QED) is 0.177. The van der Waals surface area contributed by atoms with E-state index in [0.29, 0.717) is 0 Å². The Labute approximate surface area is 298 Å². The Morgan fingerprint density at radius 2 is 0.765 bits per heavy atom. The standard InChI is InChI=1S/C48H30N2S/c1-3-13-31(14-4-1)33-25-34(32-15-5-2-6-16-32)27-36(26-33)50-44-21-11-8-18-38(44)41-29-45-40(30-46(41)50)37-17-7-10-20-43(37)49(45)35-23-24-48-42(28-35)39-19-9-12-22-47(39)51-48/h1-30H. The number of benzene rings is 8. The number of rotatable bonds is 4. The van der Waals surface area contributed by atoms with Gasteiger partial charge in [-0.2, -0.15) is 0 Å². The molecular weight excluding hydrogens is 637 g/mol. The SMILES string of the molecule is c1ccc(-c2cc(-c3ccccc3)cc(-n3c4ccccc4c4cc5c(cc43)c3ccccc3n5-c3ccc4sc5ccccc5c4c3)c2)cc1. The van der Waals surface area contributed by atoms with E-state index in [9.17, 15) is 0 Å². The van der Waals surface area contributed by atoms with Crippen LogP contribution < -0.4 is 0 Å². The first-order chi connectivity index (χ1) is 25.3. The van der Waals surface area contributed by atoms with Gasteiger partial charge in [-0.05, 0) is 89.0 Å². The van der Waals surface area contributed by atoms with Crippen molar-refractivity contribution in [1.82, 2.24) is 9.13 Å². The Morgan fingerprint density at radius 3 is 1.37 bits per heavy atom. The van der Waals surface area contributed by atoms with Crippen molar-refractivity contribution in [3.8, 4) is 33.6 Å². The lowest BCUT2D eigenvalue weighted by Crippen LogP contribution is -1.96. The maximum absolute atomic E-state index is 2.47. The molecule has 51 heavy (non-hydrogen) atoms. The second-order valence-electron chi connectivity index (χ2n) is 13.4. The maximum atomic E-state index is 2.47. The highest BCUT2D eigenvalue weighted by Gasteiger charge is 2.20. The Morgan fingerprint density at radius 1 is 0.275 bits per heavy atom. The molecule has 0 aliphatic heterocycles. The molecule has 0 radical (unpaired) electrons. The molecule has 0 fully saturated rings. The molecule has 0 aliphatic carbocycles. The molecule has 0 bridgehead atoms. The summed E-state index contributed by atoms with van der Waals surface area (Å²) >= 11 is 1.87. The Hall–Kier alpha value is -6.42. The summed E-state index contributed by atoms with van der Waals surface area (Å²) in [6.07, 6.45) is 0. The molecule has 3 aromatic heterocycles. The van der Waals surface area contributed by atoms with Crippen molar-refractivity contribution in [2.45, 2.75) is 0 Å². The summed E-state index contributed by atoms with van der Waals surface area (Å²) in [6, 6.07) is 66.8. The average molecular weight is 667 g/mol. The van der Waals surface area contributed by atoms with Gasteiger partial charge in [0.05, 0.1) is 22.1 Å². The van der Waals surface area contributed by atoms with E-state index in [-0.39, 0.29) is 0 Å². The van der Waals surface area contributed by atoms with E-state index in [1.165, 1.54) is 91.7 Å². The van der Waals surface area contributed by atoms with E-state index in [1.807, 2.05) is 11.3 Å². The predicted octanol–water partition coefficient (Wildman–Crippen LogP) is 13.6. The van der Waals surface area contributed by atoms with Crippen molar-refractivity contribution in [3.63, 3.8) is 0 Å². The summed E-state index contributed by atoms with van der Waals surface area (Å²) in [6.45, 7) is 0. The van der Waals surface area contributed by atoms with Crippen molar-refractivity contribution in [1.29, 1.82) is 0 Å². The van der Waals surface area contributed by atoms with E-state index in [0.717, 1.165) is 5.69 Å². The molecule has 0 N–H and O–H groups in total. The molecule has 0 amide bonds. The second kappa shape index (κ2) is 11.0. The summed E-state index contributed by atoms with van der Waals surface area (Å²) in [7, 11) is 0. The largest absolute Gasteiger partial charge is 0.309 e. The van der Waals surface area contributed by atoms with Crippen molar-refractivity contribution < 1.29 is 0 Å². The van der Waals surface area contributed by atoms with Gasteiger partial charge in [0.25, 0.3) is 0 Å². The van der Waals surface area contributed by atoms with Crippen molar-refractivity contribution >= 4 is 75.1 Å². The van der Waals surface area contributed by atoms with Gasteiger partial charge in [0.15, 0.2) is 0 Å². The van der Waals surface area contributed by atoms with E-state index < -0.39 is 0 Å². The van der Waals surface area contributed by atoms with Gasteiger partial charge in [0.2, 0.25) is 0 Å². The molecule has 0 unspecified atom stereocenters. The van der Waals surface area contributed by atoms with Crippen molar-refractivity contribution in [3.05, 3.63) is 182 Å². The molecule has 11 rings (SSSR count). The lowest BCUT2D eigenvalue weighted by molar-refractivity contribution is 1.18. The average Bonchev–Trinajstić information content (AvgIpc) is 3.84. The molecule has 238 valence electrons. The molecule has 0 aliphatic rings. The minimum absolute atomic E-state index is 1.15. The Balaban J connectivity index is 1.22. The van der Waals surface area contributed by atoms with Crippen LogP contribution >= 0.6 is 11.3 Å². The van der Waals surface area contributed by atoms with Gasteiger partial charge in [0.1, 0.15) is 0 Å². The Kier molecular flexibility index (Phi) is 6.16. The number of hydrogen-bond acceptors (Lipinski definition) is 1. The highest BCUT2D eigenvalue weighted by molar-refractivity contribution is 7.25. The summed E-state index contributed by atoms with van der Waals surface area (Å²) in [4.78, 5) is 0. The fourth-order valence-corrected chi connectivity index (χ4v) is 9.26. The van der Waals surface area contributed by atoms with Crippen LogP contribution in [-0.4, -0.2) is 9.13 Å². The van der Waals surface area contributed by atoms with Crippen LogP contribution in [0.1, 0.15) is 0 Å². The topological polar surface area (TPSA) is 9.86 Å². The first kappa shape index (κ1) is 28.4. The van der Waals surface area contributed by atoms with Crippen LogP contribution in [0.5, 0.6) is 0 Å². The zero-order valence-electron chi connectivity index (χ0n) is 27.6. The number of nitrogens with zero attached hydrogens (tertiary/aromatic N) is 2. The second-order valence-corrected chi connectivity index (χ2v) is 14.5. The monoisotopic (exact) mass is 666 g/mol. The minimum atomic E-state index is 1.15. The first-order valence-corrected chi connectivity index (χ1v) is 18.2. The molecule has 0 spiro atoms. The molecule has 2 nitrogen and oxygen atoms in total. The first-order valence-electron chi connectivity index (χ1n) is 17.4. The Bertz CT molecular complexity index is 3070. The minimum Gasteiger partial charge on any atom is -0.309 e. The molecule has 0 saturated heterocycles. The number of aromatic nitrogens is 2. The van der Waals surface area contributed by atoms with Crippen molar-refractivity contribution in [2.75, 3.05) is 0 Å². The van der Waals surface area contributed by atoms with Gasteiger partial charge in [-0.3, -0.25) is 0 Å². The number of fused-ring (bicyclic) bond motifs is 9. The number of hydrogen-bond donors (Lipinski definition) is 0. The van der Waals surface area contributed by atoms with Crippen LogP contribution in [0, 0.1) is 0 Å². The molecule has 11 aromatic rings. The fraction of sp³-hybridized carbons (Fsp3) is 0. The molecule has 8 aromatic carbocycles. The van der Waals surface area contributed by atoms with Gasteiger partial charge >= 0.3 is 0 Å². The summed E-state index contributed by atoms with van der Waals surface area (Å²) < 4.78 is 7.58. The lowest BCUT2D eigenvalue weighted by atomic mass is 9.98. The van der Waals surface area contributed by atoms with E-state index in [4.69, 9.17) is 0 Å². The van der Waals surface area contributed by atoms with E-state index in [1.54, 1.807) is 0 Å². The van der Waals surface area contributed by atoms with Gasteiger partial charge < -0.3 is 9.13 Å². The van der Waals surface area contributed by atoms with Crippen LogP contribution in [0.2, 0.25) is 0 Å². The zero-order chi connectivity index (χ0) is 33.5. The number of para-hydroxylation sites is 2. The van der Waals surface area contributed by atoms with Crippen LogP contribution in [0.25, 0.3) is 97.4 Å². The van der Waals surface area contributed by atoms with Crippen LogP contribution in [0.3, 0.4) is 0 Å². The third-order valence-corrected chi connectivity index (χ3v) is 11.6. The number of thiophene rings is 1. The summed E-state index contributed by atoms with van der Waals surface area (Å²) in [5.74, 6) is 0. The molecular formula is C48H30N2S. The smallest absolute Gasteiger partial charge is 0.0548 e. The normalized spacial score (nSPS) is 11.9.